The van der Waals surface area contributed by atoms with Crippen molar-refractivity contribution in [1.82, 2.24) is 0 Å². The molecular formula is C14H20O6. The Bertz CT molecular complexity index is 409. The van der Waals surface area contributed by atoms with Crippen molar-refractivity contribution in [2.24, 2.45) is 0 Å². The van der Waals surface area contributed by atoms with Gasteiger partial charge in [0, 0.05) is 0 Å². The van der Waals surface area contributed by atoms with Crippen LogP contribution in [0.4, 0.5) is 0 Å². The van der Waals surface area contributed by atoms with Crippen LogP contribution in [0.1, 0.15) is 18.1 Å². The first-order valence-electron chi connectivity index (χ1n) is 6.27. The summed E-state index contributed by atoms with van der Waals surface area (Å²) in [7, 11) is 1.30. The van der Waals surface area contributed by atoms with Gasteiger partial charge in [0.1, 0.15) is 12.4 Å². The molecule has 0 radical (unpaired) electrons. The monoisotopic (exact) mass is 284 g/mol. The maximum absolute atomic E-state index is 11.1. The van der Waals surface area contributed by atoms with Crippen molar-refractivity contribution in [1.29, 1.82) is 0 Å². The van der Waals surface area contributed by atoms with Crippen LogP contribution in [-0.2, 0) is 27.5 Å². The van der Waals surface area contributed by atoms with Crippen LogP contribution in [0.5, 0.6) is 5.75 Å². The van der Waals surface area contributed by atoms with Crippen LogP contribution in [0.3, 0.4) is 0 Å². The molecule has 6 heteroatoms. The van der Waals surface area contributed by atoms with E-state index in [0.29, 0.717) is 16.9 Å². The number of aliphatic hydroxyl groups excluding tert-OH is 2. The van der Waals surface area contributed by atoms with Gasteiger partial charge in [-0.15, -0.1) is 0 Å². The van der Waals surface area contributed by atoms with E-state index in [-0.39, 0.29) is 26.4 Å². The predicted molar refractivity (Wildman–Crippen MR) is 71.2 cm³/mol. The molecule has 1 aromatic carbocycles. The van der Waals surface area contributed by atoms with Gasteiger partial charge in [-0.05, 0) is 30.2 Å². The summed E-state index contributed by atoms with van der Waals surface area (Å²) in [6.45, 7) is 1.83. The Labute approximate surface area is 117 Å². The molecule has 1 aromatic rings. The van der Waals surface area contributed by atoms with Crippen molar-refractivity contribution >= 4 is 5.97 Å². The highest BCUT2D eigenvalue weighted by atomic mass is 16.6. The van der Waals surface area contributed by atoms with E-state index in [4.69, 9.17) is 19.7 Å². The number of esters is 1. The maximum atomic E-state index is 11.1. The molecule has 0 saturated carbocycles. The number of ether oxygens (including phenoxy) is 3. The third kappa shape index (κ3) is 5.16. The van der Waals surface area contributed by atoms with Crippen LogP contribution >= 0.6 is 0 Å². The van der Waals surface area contributed by atoms with Crippen molar-refractivity contribution in [3.05, 3.63) is 29.3 Å². The Kier molecular flexibility index (Phi) is 7.00. The summed E-state index contributed by atoms with van der Waals surface area (Å²) in [5, 5.41) is 18.2. The summed E-state index contributed by atoms with van der Waals surface area (Å²) in [5.74, 6) is 0.102. The van der Waals surface area contributed by atoms with Gasteiger partial charge in [-0.1, -0.05) is 6.07 Å². The lowest BCUT2D eigenvalue weighted by molar-refractivity contribution is -0.153. The summed E-state index contributed by atoms with van der Waals surface area (Å²) < 4.78 is 15.2. The van der Waals surface area contributed by atoms with Crippen LogP contribution in [0, 0.1) is 0 Å². The number of carbonyl (C=O) groups excluding carboxylic acids is 1. The topological polar surface area (TPSA) is 85.2 Å². The number of aliphatic hydroxyl groups is 2. The molecule has 6 nitrogen and oxygen atoms in total. The van der Waals surface area contributed by atoms with Gasteiger partial charge in [0.25, 0.3) is 0 Å². The molecule has 112 valence electrons. The molecular weight excluding hydrogens is 264 g/mol. The SMILES string of the molecule is COC(=O)C(C)OCCOc1cc(CO)cc(CO)c1. The number of methoxy groups -OCH3 is 1. The highest BCUT2D eigenvalue weighted by Crippen LogP contribution is 2.17. The second-order valence-corrected chi connectivity index (χ2v) is 4.19. The molecule has 0 aliphatic carbocycles. The Balaban J connectivity index is 2.43. The summed E-state index contributed by atoms with van der Waals surface area (Å²) in [6.07, 6.45) is -0.639. The van der Waals surface area contributed by atoms with Crippen molar-refractivity contribution in [2.45, 2.75) is 26.2 Å². The minimum atomic E-state index is -0.639. The average molecular weight is 284 g/mol. The van der Waals surface area contributed by atoms with Crippen molar-refractivity contribution in [3.63, 3.8) is 0 Å². The fraction of sp³-hybridized carbons (Fsp3) is 0.500. The van der Waals surface area contributed by atoms with Gasteiger partial charge in [-0.25, -0.2) is 4.79 Å². The van der Waals surface area contributed by atoms with Gasteiger partial charge in [-0.2, -0.15) is 0 Å². The Morgan fingerprint density at radius 2 is 1.75 bits per heavy atom. The fourth-order valence-corrected chi connectivity index (χ4v) is 1.61. The molecule has 0 heterocycles. The molecule has 0 saturated heterocycles. The van der Waals surface area contributed by atoms with E-state index < -0.39 is 12.1 Å². The summed E-state index contributed by atoms with van der Waals surface area (Å²) in [6, 6.07) is 5.06. The second-order valence-electron chi connectivity index (χ2n) is 4.19. The first kappa shape index (κ1) is 16.4. The molecule has 0 aromatic heterocycles. The summed E-state index contributed by atoms with van der Waals surface area (Å²) in [5.41, 5.74) is 1.32. The van der Waals surface area contributed by atoms with Gasteiger partial charge in [0.05, 0.1) is 26.9 Å². The van der Waals surface area contributed by atoms with Crippen LogP contribution < -0.4 is 4.74 Å². The minimum absolute atomic E-state index is 0.125. The molecule has 0 fully saturated rings. The third-order valence-electron chi connectivity index (χ3n) is 2.64. The van der Waals surface area contributed by atoms with Crippen molar-refractivity contribution < 1.29 is 29.2 Å². The van der Waals surface area contributed by atoms with E-state index in [1.54, 1.807) is 25.1 Å². The number of rotatable bonds is 8. The van der Waals surface area contributed by atoms with Gasteiger partial charge in [0.15, 0.2) is 6.10 Å². The minimum Gasteiger partial charge on any atom is -0.491 e. The number of benzene rings is 1. The Morgan fingerprint density at radius 1 is 1.15 bits per heavy atom. The molecule has 20 heavy (non-hydrogen) atoms. The zero-order chi connectivity index (χ0) is 15.0. The van der Waals surface area contributed by atoms with Crippen LogP contribution in [0.25, 0.3) is 0 Å². The molecule has 0 aliphatic heterocycles. The van der Waals surface area contributed by atoms with E-state index in [1.165, 1.54) is 7.11 Å². The van der Waals surface area contributed by atoms with Crippen LogP contribution in [0.15, 0.2) is 18.2 Å². The third-order valence-corrected chi connectivity index (χ3v) is 2.64. The number of hydrogen-bond acceptors (Lipinski definition) is 6. The molecule has 2 N–H and O–H groups in total. The van der Waals surface area contributed by atoms with Gasteiger partial charge in [0.2, 0.25) is 0 Å². The van der Waals surface area contributed by atoms with Gasteiger partial charge in [-0.3, -0.25) is 0 Å². The maximum Gasteiger partial charge on any atom is 0.334 e. The van der Waals surface area contributed by atoms with Crippen LogP contribution in [0.2, 0.25) is 0 Å². The van der Waals surface area contributed by atoms with E-state index in [0.717, 1.165) is 0 Å². The smallest absolute Gasteiger partial charge is 0.334 e. The number of hydrogen-bond donors (Lipinski definition) is 2. The fourth-order valence-electron chi connectivity index (χ4n) is 1.61. The molecule has 1 atom stereocenters. The molecule has 0 spiro atoms. The largest absolute Gasteiger partial charge is 0.491 e. The van der Waals surface area contributed by atoms with Crippen LogP contribution in [-0.4, -0.2) is 42.6 Å². The molecule has 1 unspecified atom stereocenters. The van der Waals surface area contributed by atoms with Crippen molar-refractivity contribution in [3.8, 4) is 5.75 Å². The standard InChI is InChI=1S/C14H20O6/c1-10(14(17)18-2)19-3-4-20-13-6-11(8-15)5-12(7-13)9-16/h5-7,10,15-16H,3-4,8-9H2,1-2H3. The van der Waals surface area contributed by atoms with E-state index in [1.807, 2.05) is 0 Å². The lowest BCUT2D eigenvalue weighted by Gasteiger charge is -2.12. The van der Waals surface area contributed by atoms with Gasteiger partial charge < -0.3 is 24.4 Å². The number of carbonyl (C=O) groups is 1. The predicted octanol–water partition coefficient (Wildman–Crippen LogP) is 0.628. The highest BCUT2D eigenvalue weighted by molar-refractivity contribution is 5.73. The van der Waals surface area contributed by atoms with Gasteiger partial charge >= 0.3 is 5.97 Å². The zero-order valence-electron chi connectivity index (χ0n) is 11.7. The first-order chi connectivity index (χ1) is 9.60. The lowest BCUT2D eigenvalue weighted by Crippen LogP contribution is -2.24. The van der Waals surface area contributed by atoms with E-state index in [9.17, 15) is 4.79 Å². The normalized spacial score (nSPS) is 12.0. The van der Waals surface area contributed by atoms with E-state index in [2.05, 4.69) is 4.74 Å². The summed E-state index contributed by atoms with van der Waals surface area (Å²) >= 11 is 0. The molecule has 0 bridgehead atoms. The second kappa shape index (κ2) is 8.52. The molecule has 1 rings (SSSR count). The van der Waals surface area contributed by atoms with Crippen molar-refractivity contribution in [2.75, 3.05) is 20.3 Å². The van der Waals surface area contributed by atoms with E-state index >= 15 is 0 Å². The average Bonchev–Trinajstić information content (AvgIpc) is 2.49. The lowest BCUT2D eigenvalue weighted by atomic mass is 10.1. The molecule has 0 amide bonds. The summed E-state index contributed by atoms with van der Waals surface area (Å²) in [4.78, 5) is 11.1. The Morgan fingerprint density at radius 3 is 2.25 bits per heavy atom. The highest BCUT2D eigenvalue weighted by Gasteiger charge is 2.12. The first-order valence-corrected chi connectivity index (χ1v) is 6.27. The molecule has 0 aliphatic rings. The Hall–Kier alpha value is -1.63. The zero-order valence-corrected chi connectivity index (χ0v) is 11.7. The quantitative estimate of drug-likeness (QED) is 0.538.